The van der Waals surface area contributed by atoms with Crippen LogP contribution in [0.15, 0.2) is 11.4 Å². The summed E-state index contributed by atoms with van der Waals surface area (Å²) in [5.74, 6) is 0.265. The number of piperidine rings is 1. The fourth-order valence-corrected chi connectivity index (χ4v) is 2.86. The first kappa shape index (κ1) is 10.8. The zero-order valence-corrected chi connectivity index (χ0v) is 10.1. The van der Waals surface area contributed by atoms with Gasteiger partial charge < -0.3 is 5.32 Å². The molecule has 0 aliphatic carbocycles. The van der Waals surface area contributed by atoms with Crippen molar-refractivity contribution in [3.05, 3.63) is 21.9 Å². The first-order valence-electron chi connectivity index (χ1n) is 5.47. The first-order chi connectivity index (χ1) is 7.13. The van der Waals surface area contributed by atoms with Gasteiger partial charge in [-0.2, -0.15) is 0 Å². The van der Waals surface area contributed by atoms with Gasteiger partial charge in [0, 0.05) is 10.4 Å². The molecule has 0 saturated carbocycles. The van der Waals surface area contributed by atoms with Crippen LogP contribution in [0.3, 0.4) is 0 Å². The summed E-state index contributed by atoms with van der Waals surface area (Å²) in [7, 11) is 0. The van der Waals surface area contributed by atoms with Crippen LogP contribution in [0.2, 0.25) is 0 Å². The van der Waals surface area contributed by atoms with Gasteiger partial charge in [0.1, 0.15) is 0 Å². The molecular formula is C12H17NOS. The predicted molar refractivity (Wildman–Crippen MR) is 63.6 cm³/mol. The molecule has 1 fully saturated rings. The minimum Gasteiger partial charge on any atom is -0.305 e. The summed E-state index contributed by atoms with van der Waals surface area (Å²) in [6.07, 6.45) is 3.30. The molecule has 1 aromatic rings. The molecule has 3 heteroatoms. The molecular weight excluding hydrogens is 206 g/mol. The summed E-state index contributed by atoms with van der Waals surface area (Å²) < 4.78 is 0. The number of hydrogen-bond acceptors (Lipinski definition) is 3. The van der Waals surface area contributed by atoms with Gasteiger partial charge in [0.25, 0.3) is 0 Å². The quantitative estimate of drug-likeness (QED) is 0.781. The van der Waals surface area contributed by atoms with Crippen LogP contribution in [0.1, 0.15) is 41.4 Å². The van der Waals surface area contributed by atoms with E-state index in [9.17, 15) is 4.79 Å². The van der Waals surface area contributed by atoms with E-state index in [2.05, 4.69) is 5.32 Å². The highest BCUT2D eigenvalue weighted by molar-refractivity contribution is 7.10. The third-order valence-electron chi connectivity index (χ3n) is 3.22. The third-order valence-corrected chi connectivity index (χ3v) is 4.07. The Labute approximate surface area is 94.7 Å². The van der Waals surface area contributed by atoms with Crippen molar-refractivity contribution in [1.29, 1.82) is 0 Å². The molecule has 1 aliphatic heterocycles. The van der Waals surface area contributed by atoms with Crippen LogP contribution in [0.25, 0.3) is 0 Å². The van der Waals surface area contributed by atoms with Gasteiger partial charge in [0.2, 0.25) is 0 Å². The van der Waals surface area contributed by atoms with Crippen molar-refractivity contribution >= 4 is 17.1 Å². The van der Waals surface area contributed by atoms with Gasteiger partial charge in [-0.3, -0.25) is 4.79 Å². The number of Topliss-reactive ketones (excluding diaryl/α,β-unsaturated/α-hetero) is 1. The minimum absolute atomic E-state index is 0.265. The summed E-state index contributed by atoms with van der Waals surface area (Å²) >= 11 is 1.65. The topological polar surface area (TPSA) is 29.1 Å². The molecule has 0 bridgehead atoms. The monoisotopic (exact) mass is 223 g/mol. The Morgan fingerprint density at radius 2 is 2.33 bits per heavy atom. The van der Waals surface area contributed by atoms with Gasteiger partial charge in [-0.25, -0.2) is 0 Å². The molecule has 15 heavy (non-hydrogen) atoms. The Kier molecular flexibility index (Phi) is 2.94. The number of thiophene rings is 1. The summed E-state index contributed by atoms with van der Waals surface area (Å²) in [5.41, 5.74) is 0.571. The summed E-state index contributed by atoms with van der Waals surface area (Å²) in [6.45, 7) is 5.01. The van der Waals surface area contributed by atoms with E-state index >= 15 is 0 Å². The lowest BCUT2D eigenvalue weighted by molar-refractivity contribution is 0.0834. The molecule has 0 aromatic carbocycles. The van der Waals surface area contributed by atoms with E-state index in [-0.39, 0.29) is 11.3 Å². The van der Waals surface area contributed by atoms with Crippen LogP contribution >= 0.6 is 11.3 Å². The maximum atomic E-state index is 12.3. The highest BCUT2D eigenvalue weighted by Gasteiger charge is 2.35. The van der Waals surface area contributed by atoms with E-state index < -0.39 is 0 Å². The molecule has 1 N–H and O–H groups in total. The van der Waals surface area contributed by atoms with E-state index in [1.807, 2.05) is 25.3 Å². The predicted octanol–water partition coefficient (Wildman–Crippen LogP) is 2.77. The lowest BCUT2D eigenvalue weighted by Crippen LogP contribution is -2.52. The smallest absolute Gasteiger partial charge is 0.183 e. The second-order valence-electron chi connectivity index (χ2n) is 4.44. The van der Waals surface area contributed by atoms with Crippen LogP contribution in [0.5, 0.6) is 0 Å². The van der Waals surface area contributed by atoms with Gasteiger partial charge >= 0.3 is 0 Å². The van der Waals surface area contributed by atoms with Gasteiger partial charge in [-0.15, -0.1) is 11.3 Å². The number of carbonyl (C=O) groups excluding carboxylic acids is 1. The van der Waals surface area contributed by atoms with Crippen molar-refractivity contribution < 1.29 is 4.79 Å². The SMILES string of the molecule is Cc1sccc1C(=O)C1(C)CCCCN1. The molecule has 0 radical (unpaired) electrons. The van der Waals surface area contributed by atoms with Crippen molar-refractivity contribution in [3.8, 4) is 0 Å². The number of carbonyl (C=O) groups is 1. The maximum absolute atomic E-state index is 12.3. The minimum atomic E-state index is -0.329. The van der Waals surface area contributed by atoms with E-state index in [4.69, 9.17) is 0 Å². The molecule has 0 amide bonds. The van der Waals surface area contributed by atoms with Crippen LogP contribution < -0.4 is 5.32 Å². The van der Waals surface area contributed by atoms with Crippen molar-refractivity contribution in [3.63, 3.8) is 0 Å². The standard InChI is InChI=1S/C12H17NOS/c1-9-10(5-8-15-9)11(14)12(2)6-3-4-7-13-12/h5,8,13H,3-4,6-7H2,1-2H3. The fraction of sp³-hybridized carbons (Fsp3) is 0.583. The van der Waals surface area contributed by atoms with Crippen LogP contribution in [-0.4, -0.2) is 17.9 Å². The van der Waals surface area contributed by atoms with E-state index in [1.54, 1.807) is 11.3 Å². The van der Waals surface area contributed by atoms with Crippen molar-refractivity contribution in [2.24, 2.45) is 0 Å². The Hall–Kier alpha value is -0.670. The van der Waals surface area contributed by atoms with E-state index in [1.165, 1.54) is 6.42 Å². The summed E-state index contributed by atoms with van der Waals surface area (Å²) in [6, 6.07) is 1.95. The number of nitrogens with one attached hydrogen (secondary N) is 1. The van der Waals surface area contributed by atoms with Crippen LogP contribution in [0, 0.1) is 6.92 Å². The molecule has 1 saturated heterocycles. The lowest BCUT2D eigenvalue weighted by atomic mass is 9.84. The molecule has 1 unspecified atom stereocenters. The summed E-state index contributed by atoms with van der Waals surface area (Å²) in [4.78, 5) is 13.5. The average Bonchev–Trinajstić information content (AvgIpc) is 2.64. The number of rotatable bonds is 2. The highest BCUT2D eigenvalue weighted by atomic mass is 32.1. The van der Waals surface area contributed by atoms with Gasteiger partial charge in [0.15, 0.2) is 5.78 Å². The lowest BCUT2D eigenvalue weighted by Gasteiger charge is -2.33. The van der Waals surface area contributed by atoms with E-state index in [0.717, 1.165) is 29.8 Å². The normalized spacial score (nSPS) is 26.5. The molecule has 2 heterocycles. The van der Waals surface area contributed by atoms with Crippen molar-refractivity contribution in [2.75, 3.05) is 6.54 Å². The Balaban J connectivity index is 2.23. The summed E-state index contributed by atoms with van der Waals surface area (Å²) in [5, 5.41) is 5.36. The molecule has 2 rings (SSSR count). The van der Waals surface area contributed by atoms with Crippen molar-refractivity contribution in [2.45, 2.75) is 38.6 Å². The third kappa shape index (κ3) is 1.99. The maximum Gasteiger partial charge on any atom is 0.183 e. The Morgan fingerprint density at radius 3 is 2.87 bits per heavy atom. The van der Waals surface area contributed by atoms with Gasteiger partial charge in [-0.05, 0) is 51.1 Å². The number of ketones is 1. The molecule has 0 spiro atoms. The first-order valence-corrected chi connectivity index (χ1v) is 6.35. The van der Waals surface area contributed by atoms with Crippen molar-refractivity contribution in [1.82, 2.24) is 5.32 Å². The molecule has 1 aromatic heterocycles. The average molecular weight is 223 g/mol. The molecule has 1 aliphatic rings. The van der Waals surface area contributed by atoms with Gasteiger partial charge in [0.05, 0.1) is 5.54 Å². The zero-order chi connectivity index (χ0) is 10.9. The fourth-order valence-electron chi connectivity index (χ4n) is 2.17. The molecule has 82 valence electrons. The molecule has 1 atom stereocenters. The van der Waals surface area contributed by atoms with E-state index in [0.29, 0.717) is 0 Å². The van der Waals surface area contributed by atoms with Crippen LogP contribution in [-0.2, 0) is 0 Å². The van der Waals surface area contributed by atoms with Crippen LogP contribution in [0.4, 0.5) is 0 Å². The van der Waals surface area contributed by atoms with Gasteiger partial charge in [-0.1, -0.05) is 0 Å². The number of hydrogen-bond donors (Lipinski definition) is 1. The zero-order valence-electron chi connectivity index (χ0n) is 9.30. The second kappa shape index (κ2) is 4.06. The number of aryl methyl sites for hydroxylation is 1. The Bertz CT molecular complexity index is 363. The Morgan fingerprint density at radius 1 is 1.53 bits per heavy atom. The second-order valence-corrected chi connectivity index (χ2v) is 5.56. The molecule has 2 nitrogen and oxygen atoms in total. The highest BCUT2D eigenvalue weighted by Crippen LogP contribution is 2.26. The largest absolute Gasteiger partial charge is 0.305 e.